The molecule has 1 unspecified atom stereocenters. The smallest absolute Gasteiger partial charge is 0.122 e. The Morgan fingerprint density at radius 1 is 1.09 bits per heavy atom. The summed E-state index contributed by atoms with van der Waals surface area (Å²) in [6.45, 7) is 0.459. The van der Waals surface area contributed by atoms with Crippen LogP contribution in [-0.4, -0.2) is 20.8 Å². The monoisotopic (exact) mass is 339 g/mol. The molecule has 2 rings (SSSR count). The molecule has 0 amide bonds. The largest absolute Gasteiger partial charge is 0.497 e. The molecule has 118 valence electrons. The van der Waals surface area contributed by atoms with Crippen molar-refractivity contribution in [3.63, 3.8) is 0 Å². The van der Waals surface area contributed by atoms with Crippen molar-refractivity contribution in [1.29, 1.82) is 0 Å². The molecule has 0 aromatic heterocycles. The molecule has 0 saturated carbocycles. The highest BCUT2D eigenvalue weighted by atomic mass is 35.5. The van der Waals surface area contributed by atoms with E-state index in [1.807, 2.05) is 30.3 Å². The summed E-state index contributed by atoms with van der Waals surface area (Å²) in [5.74, 6) is 1.63. The maximum absolute atomic E-state index is 6.32. The molecule has 5 heteroatoms. The number of hydrogen-bond donors (Lipinski definition) is 1. The molecule has 0 aliphatic rings. The average Bonchev–Trinajstić information content (AvgIpc) is 2.55. The third-order valence-corrected chi connectivity index (χ3v) is 4.49. The first-order valence-electron chi connectivity index (χ1n) is 6.95. The van der Waals surface area contributed by atoms with Gasteiger partial charge in [-0.25, -0.2) is 0 Å². The quantitative estimate of drug-likeness (QED) is 0.853. The second-order valence-corrected chi connectivity index (χ2v) is 5.74. The maximum Gasteiger partial charge on any atom is 0.122 e. The highest BCUT2D eigenvalue weighted by Gasteiger charge is 2.18. The minimum atomic E-state index is 0.0483. The topological polar surface area (TPSA) is 44.5 Å². The normalized spacial score (nSPS) is 12.0. The van der Waals surface area contributed by atoms with Crippen molar-refractivity contribution >= 4 is 23.2 Å². The second kappa shape index (κ2) is 7.73. The van der Waals surface area contributed by atoms with Crippen LogP contribution in [0.4, 0.5) is 0 Å². The predicted molar refractivity (Wildman–Crippen MR) is 91.5 cm³/mol. The Bertz CT molecular complexity index is 647. The molecule has 22 heavy (non-hydrogen) atoms. The fourth-order valence-corrected chi connectivity index (χ4v) is 2.93. The first-order valence-corrected chi connectivity index (χ1v) is 7.71. The van der Waals surface area contributed by atoms with E-state index in [1.165, 1.54) is 0 Å². The average molecular weight is 340 g/mol. The van der Waals surface area contributed by atoms with Gasteiger partial charge in [-0.2, -0.15) is 0 Å². The van der Waals surface area contributed by atoms with Crippen LogP contribution in [-0.2, 0) is 6.42 Å². The molecule has 2 aromatic rings. The van der Waals surface area contributed by atoms with Crippen molar-refractivity contribution in [2.75, 3.05) is 20.8 Å². The Morgan fingerprint density at radius 3 is 2.50 bits per heavy atom. The summed E-state index contributed by atoms with van der Waals surface area (Å²) in [5.41, 5.74) is 7.93. The van der Waals surface area contributed by atoms with E-state index in [1.54, 1.807) is 20.3 Å². The molecule has 3 nitrogen and oxygen atoms in total. The van der Waals surface area contributed by atoms with Crippen molar-refractivity contribution in [1.82, 2.24) is 0 Å². The molecule has 2 N–H and O–H groups in total. The maximum atomic E-state index is 6.32. The van der Waals surface area contributed by atoms with E-state index in [2.05, 4.69) is 0 Å². The molecule has 0 aliphatic carbocycles. The Balaban J connectivity index is 2.36. The van der Waals surface area contributed by atoms with E-state index in [-0.39, 0.29) is 5.92 Å². The molecule has 0 bridgehead atoms. The number of methoxy groups -OCH3 is 2. The van der Waals surface area contributed by atoms with Gasteiger partial charge in [0, 0.05) is 5.92 Å². The van der Waals surface area contributed by atoms with Gasteiger partial charge in [-0.05, 0) is 48.4 Å². The van der Waals surface area contributed by atoms with Crippen LogP contribution in [0.2, 0.25) is 10.0 Å². The lowest BCUT2D eigenvalue weighted by Gasteiger charge is -2.19. The molecule has 2 aromatic carbocycles. The summed E-state index contributed by atoms with van der Waals surface area (Å²) in [4.78, 5) is 0. The first kappa shape index (κ1) is 16.9. The van der Waals surface area contributed by atoms with Crippen LogP contribution in [0.3, 0.4) is 0 Å². The number of rotatable bonds is 6. The SMILES string of the molecule is COc1ccc(OC)c(CC(CN)c2cccc(Cl)c2Cl)c1. The Kier molecular flexibility index (Phi) is 5.95. The van der Waals surface area contributed by atoms with Crippen LogP contribution >= 0.6 is 23.2 Å². The lowest BCUT2D eigenvalue weighted by atomic mass is 9.91. The summed E-state index contributed by atoms with van der Waals surface area (Å²) in [6.07, 6.45) is 0.691. The van der Waals surface area contributed by atoms with Crippen LogP contribution in [0.25, 0.3) is 0 Å². The van der Waals surface area contributed by atoms with Gasteiger partial charge in [-0.15, -0.1) is 0 Å². The highest BCUT2D eigenvalue weighted by Crippen LogP contribution is 2.34. The predicted octanol–water partition coefficient (Wildman–Crippen LogP) is 4.30. The number of hydrogen-bond acceptors (Lipinski definition) is 3. The highest BCUT2D eigenvalue weighted by molar-refractivity contribution is 6.42. The lowest BCUT2D eigenvalue weighted by molar-refractivity contribution is 0.397. The minimum absolute atomic E-state index is 0.0483. The standard InChI is InChI=1S/C17H19Cl2NO2/c1-21-13-6-7-16(22-2)11(9-13)8-12(10-20)14-4-3-5-15(18)17(14)19/h3-7,9,12H,8,10,20H2,1-2H3. The zero-order chi connectivity index (χ0) is 16.1. The third-order valence-electron chi connectivity index (χ3n) is 3.66. The van der Waals surface area contributed by atoms with Gasteiger partial charge in [0.05, 0.1) is 24.3 Å². The fourth-order valence-electron chi connectivity index (χ4n) is 2.46. The summed E-state index contributed by atoms with van der Waals surface area (Å²) in [5, 5.41) is 1.09. The Labute approximate surface area is 140 Å². The Morgan fingerprint density at radius 2 is 1.86 bits per heavy atom. The molecule has 0 aliphatic heterocycles. The van der Waals surface area contributed by atoms with Crippen molar-refractivity contribution in [3.8, 4) is 11.5 Å². The first-order chi connectivity index (χ1) is 10.6. The van der Waals surface area contributed by atoms with E-state index in [4.69, 9.17) is 38.4 Å². The van der Waals surface area contributed by atoms with Crippen LogP contribution in [0.1, 0.15) is 17.0 Å². The number of nitrogens with two attached hydrogens (primary N) is 1. The number of halogens is 2. The van der Waals surface area contributed by atoms with Crippen molar-refractivity contribution < 1.29 is 9.47 Å². The van der Waals surface area contributed by atoms with Gasteiger partial charge in [0.25, 0.3) is 0 Å². The number of benzene rings is 2. The van der Waals surface area contributed by atoms with Crippen LogP contribution in [0, 0.1) is 0 Å². The zero-order valence-corrected chi connectivity index (χ0v) is 14.1. The van der Waals surface area contributed by atoms with Gasteiger partial charge < -0.3 is 15.2 Å². The molecule has 0 fully saturated rings. The van der Waals surface area contributed by atoms with E-state index in [0.29, 0.717) is 23.0 Å². The van der Waals surface area contributed by atoms with Gasteiger partial charge in [0.15, 0.2) is 0 Å². The minimum Gasteiger partial charge on any atom is -0.497 e. The molecule has 0 saturated heterocycles. The lowest BCUT2D eigenvalue weighted by Crippen LogP contribution is -2.16. The second-order valence-electron chi connectivity index (χ2n) is 4.96. The van der Waals surface area contributed by atoms with E-state index in [9.17, 15) is 0 Å². The Hall–Kier alpha value is -1.42. The summed E-state index contributed by atoms with van der Waals surface area (Å²) < 4.78 is 10.7. The van der Waals surface area contributed by atoms with Crippen LogP contribution in [0.15, 0.2) is 36.4 Å². The molecular weight excluding hydrogens is 321 g/mol. The molecule has 1 atom stereocenters. The molecule has 0 radical (unpaired) electrons. The van der Waals surface area contributed by atoms with Crippen LogP contribution in [0.5, 0.6) is 11.5 Å². The van der Waals surface area contributed by atoms with Crippen molar-refractivity contribution in [3.05, 3.63) is 57.6 Å². The van der Waals surface area contributed by atoms with Crippen molar-refractivity contribution in [2.45, 2.75) is 12.3 Å². The van der Waals surface area contributed by atoms with Crippen LogP contribution < -0.4 is 15.2 Å². The zero-order valence-electron chi connectivity index (χ0n) is 12.6. The fraction of sp³-hybridized carbons (Fsp3) is 0.294. The van der Waals surface area contributed by atoms with Gasteiger partial charge in [0.2, 0.25) is 0 Å². The van der Waals surface area contributed by atoms with Gasteiger partial charge in [-0.3, -0.25) is 0 Å². The van der Waals surface area contributed by atoms with Crippen molar-refractivity contribution in [2.24, 2.45) is 5.73 Å². The van der Waals surface area contributed by atoms with E-state index >= 15 is 0 Å². The van der Waals surface area contributed by atoms with Gasteiger partial charge >= 0.3 is 0 Å². The van der Waals surface area contributed by atoms with E-state index < -0.39 is 0 Å². The van der Waals surface area contributed by atoms with Gasteiger partial charge in [0.1, 0.15) is 11.5 Å². The molecule has 0 spiro atoms. The molecular formula is C17H19Cl2NO2. The summed E-state index contributed by atoms with van der Waals surface area (Å²) in [6, 6.07) is 11.3. The van der Waals surface area contributed by atoms with E-state index in [0.717, 1.165) is 22.6 Å². The van der Waals surface area contributed by atoms with Gasteiger partial charge in [-0.1, -0.05) is 35.3 Å². The summed E-state index contributed by atoms with van der Waals surface area (Å²) in [7, 11) is 3.29. The number of ether oxygens (including phenoxy) is 2. The molecule has 0 heterocycles. The summed E-state index contributed by atoms with van der Waals surface area (Å²) >= 11 is 12.4. The third kappa shape index (κ3) is 3.67.